The summed E-state index contributed by atoms with van der Waals surface area (Å²) in [6.45, 7) is 3.81. The van der Waals surface area contributed by atoms with Gasteiger partial charge in [0.05, 0.1) is 11.9 Å². The van der Waals surface area contributed by atoms with Gasteiger partial charge in [-0.05, 0) is 36.6 Å². The van der Waals surface area contributed by atoms with Crippen LogP contribution in [0.4, 0.5) is 11.4 Å². The molecule has 0 aliphatic rings. The Labute approximate surface area is 160 Å². The van der Waals surface area contributed by atoms with Gasteiger partial charge in [0, 0.05) is 24.1 Å². The Morgan fingerprint density at radius 1 is 1.00 bits per heavy atom. The van der Waals surface area contributed by atoms with Gasteiger partial charge in [0.1, 0.15) is 0 Å². The van der Waals surface area contributed by atoms with Gasteiger partial charge in [-0.3, -0.25) is 14.3 Å². The Kier molecular flexibility index (Phi) is 6.74. The van der Waals surface area contributed by atoms with E-state index >= 15 is 0 Å². The Morgan fingerprint density at radius 3 is 2.26 bits per heavy atom. The minimum Gasteiger partial charge on any atom is -0.326 e. The highest BCUT2D eigenvalue weighted by molar-refractivity contribution is 7.92. The average molecular weight is 388 g/mol. The lowest BCUT2D eigenvalue weighted by atomic mass is 10.0. The molecule has 144 valence electrons. The van der Waals surface area contributed by atoms with E-state index in [-0.39, 0.29) is 24.5 Å². The van der Waals surface area contributed by atoms with Crippen LogP contribution in [0.15, 0.2) is 42.5 Å². The fourth-order valence-corrected chi connectivity index (χ4v) is 3.15. The first-order chi connectivity index (χ1) is 12.7. The molecule has 0 bridgehead atoms. The van der Waals surface area contributed by atoms with Crippen LogP contribution in [0.25, 0.3) is 0 Å². The lowest BCUT2D eigenvalue weighted by molar-refractivity contribution is -0.116. The third-order valence-electron chi connectivity index (χ3n) is 4.08. The lowest BCUT2D eigenvalue weighted by Gasteiger charge is -2.11. The molecule has 27 heavy (non-hydrogen) atoms. The van der Waals surface area contributed by atoms with Gasteiger partial charge in [-0.15, -0.1) is 0 Å². The minimum absolute atomic E-state index is 0.0527. The minimum atomic E-state index is -3.41. The van der Waals surface area contributed by atoms with Gasteiger partial charge in [0.2, 0.25) is 15.9 Å². The zero-order chi connectivity index (χ0) is 20.0. The smallest absolute Gasteiger partial charge is 0.229 e. The number of hydrogen-bond donors (Lipinski definition) is 2. The third kappa shape index (κ3) is 6.53. The number of anilines is 2. The summed E-state index contributed by atoms with van der Waals surface area (Å²) in [5.41, 5.74) is 3.36. The fourth-order valence-electron chi connectivity index (χ4n) is 2.53. The first kappa shape index (κ1) is 20.6. The molecule has 0 saturated heterocycles. The normalized spacial score (nSPS) is 11.1. The molecule has 0 heterocycles. The number of amides is 1. The Balaban J connectivity index is 1.95. The monoisotopic (exact) mass is 388 g/mol. The maximum atomic E-state index is 12.2. The van der Waals surface area contributed by atoms with Gasteiger partial charge in [0.15, 0.2) is 5.78 Å². The predicted octanol–water partition coefficient (Wildman–Crippen LogP) is 3.53. The molecular formula is C20H24N2O4S. The highest BCUT2D eigenvalue weighted by Crippen LogP contribution is 2.21. The Hall–Kier alpha value is -2.67. The molecule has 0 unspecified atom stereocenters. The quantitative estimate of drug-likeness (QED) is 0.677. The fraction of sp³-hybridized carbons (Fsp3) is 0.300. The van der Waals surface area contributed by atoms with Crippen molar-refractivity contribution in [2.24, 2.45) is 0 Å². The van der Waals surface area contributed by atoms with Gasteiger partial charge in [0.25, 0.3) is 0 Å². The van der Waals surface area contributed by atoms with E-state index in [1.807, 2.05) is 19.1 Å². The van der Waals surface area contributed by atoms with Gasteiger partial charge in [-0.25, -0.2) is 8.42 Å². The Bertz CT molecular complexity index is 935. The standard InChI is InChI=1S/C20H24N2O4S/c1-4-15-6-8-16(9-7-15)19(23)11-12-20(24)21-17-10-5-14(2)18(13-17)22-27(3,25)26/h5-10,13,22H,4,11-12H2,1-3H3,(H,21,24). The summed E-state index contributed by atoms with van der Waals surface area (Å²) in [4.78, 5) is 24.3. The van der Waals surface area contributed by atoms with Crippen molar-refractivity contribution in [2.75, 3.05) is 16.3 Å². The highest BCUT2D eigenvalue weighted by Gasteiger charge is 2.11. The molecule has 2 N–H and O–H groups in total. The highest BCUT2D eigenvalue weighted by atomic mass is 32.2. The van der Waals surface area contributed by atoms with Crippen molar-refractivity contribution in [1.82, 2.24) is 0 Å². The van der Waals surface area contributed by atoms with Crippen molar-refractivity contribution in [3.63, 3.8) is 0 Å². The van der Waals surface area contributed by atoms with Crippen LogP contribution in [-0.4, -0.2) is 26.4 Å². The van der Waals surface area contributed by atoms with Crippen LogP contribution in [0, 0.1) is 6.92 Å². The summed E-state index contributed by atoms with van der Waals surface area (Å²) in [6.07, 6.45) is 2.13. The summed E-state index contributed by atoms with van der Waals surface area (Å²) in [5.74, 6) is -0.390. The molecular weight excluding hydrogens is 364 g/mol. The van der Waals surface area contributed by atoms with Gasteiger partial charge >= 0.3 is 0 Å². The van der Waals surface area contributed by atoms with Crippen molar-refractivity contribution in [3.8, 4) is 0 Å². The molecule has 2 aromatic carbocycles. The largest absolute Gasteiger partial charge is 0.326 e. The second kappa shape index (κ2) is 8.81. The second-order valence-corrected chi connectivity index (χ2v) is 8.17. The molecule has 7 heteroatoms. The predicted molar refractivity (Wildman–Crippen MR) is 108 cm³/mol. The Morgan fingerprint density at radius 2 is 1.67 bits per heavy atom. The SMILES string of the molecule is CCc1ccc(C(=O)CCC(=O)Nc2ccc(C)c(NS(C)(=O)=O)c2)cc1. The van der Waals surface area contributed by atoms with Gasteiger partial charge in [-0.1, -0.05) is 37.3 Å². The van der Waals surface area contributed by atoms with E-state index in [2.05, 4.69) is 10.0 Å². The summed E-state index contributed by atoms with van der Waals surface area (Å²) >= 11 is 0. The maximum absolute atomic E-state index is 12.2. The number of sulfonamides is 1. The number of ketones is 1. The molecule has 0 spiro atoms. The zero-order valence-corrected chi connectivity index (χ0v) is 16.5. The van der Waals surface area contributed by atoms with Crippen LogP contribution in [0.1, 0.15) is 41.3 Å². The summed E-state index contributed by atoms with van der Waals surface area (Å²) < 4.78 is 25.2. The summed E-state index contributed by atoms with van der Waals surface area (Å²) in [7, 11) is -3.41. The molecule has 0 aromatic heterocycles. The molecule has 0 saturated carbocycles. The van der Waals surface area contributed by atoms with Crippen LogP contribution < -0.4 is 10.0 Å². The van der Waals surface area contributed by atoms with E-state index in [4.69, 9.17) is 0 Å². The van der Waals surface area contributed by atoms with Crippen molar-refractivity contribution < 1.29 is 18.0 Å². The zero-order valence-electron chi connectivity index (χ0n) is 15.7. The second-order valence-electron chi connectivity index (χ2n) is 6.43. The van der Waals surface area contributed by atoms with Crippen LogP contribution >= 0.6 is 0 Å². The van der Waals surface area contributed by atoms with Gasteiger partial charge in [-0.2, -0.15) is 0 Å². The number of carbonyl (C=O) groups excluding carboxylic acids is 2. The number of carbonyl (C=O) groups is 2. The molecule has 0 atom stereocenters. The van der Waals surface area contributed by atoms with Crippen LogP contribution in [-0.2, 0) is 21.2 Å². The molecule has 2 aromatic rings. The molecule has 2 rings (SSSR count). The summed E-state index contributed by atoms with van der Waals surface area (Å²) in [6, 6.07) is 12.3. The van der Waals surface area contributed by atoms with E-state index in [1.54, 1.807) is 37.3 Å². The van der Waals surface area contributed by atoms with E-state index in [1.165, 1.54) is 0 Å². The van der Waals surface area contributed by atoms with Crippen molar-refractivity contribution in [1.29, 1.82) is 0 Å². The number of aryl methyl sites for hydroxylation is 2. The van der Waals surface area contributed by atoms with Crippen LogP contribution in [0.3, 0.4) is 0 Å². The number of benzene rings is 2. The molecule has 0 aliphatic carbocycles. The molecule has 0 radical (unpaired) electrons. The topological polar surface area (TPSA) is 92.3 Å². The molecule has 0 fully saturated rings. The third-order valence-corrected chi connectivity index (χ3v) is 4.67. The average Bonchev–Trinajstić information content (AvgIpc) is 2.61. The van der Waals surface area contributed by atoms with Crippen LogP contribution in [0.5, 0.6) is 0 Å². The van der Waals surface area contributed by atoms with Crippen molar-refractivity contribution in [2.45, 2.75) is 33.1 Å². The number of nitrogens with one attached hydrogen (secondary N) is 2. The van der Waals surface area contributed by atoms with E-state index in [0.29, 0.717) is 16.9 Å². The van der Waals surface area contributed by atoms with E-state index in [0.717, 1.165) is 23.8 Å². The van der Waals surface area contributed by atoms with E-state index in [9.17, 15) is 18.0 Å². The number of hydrogen-bond acceptors (Lipinski definition) is 4. The molecule has 6 nitrogen and oxygen atoms in total. The van der Waals surface area contributed by atoms with Crippen LogP contribution in [0.2, 0.25) is 0 Å². The molecule has 0 aliphatic heterocycles. The van der Waals surface area contributed by atoms with E-state index < -0.39 is 10.0 Å². The number of rotatable bonds is 8. The first-order valence-corrected chi connectivity index (χ1v) is 10.6. The number of Topliss-reactive ketones (excluding diaryl/α,β-unsaturated/α-hetero) is 1. The lowest BCUT2D eigenvalue weighted by Crippen LogP contribution is -2.15. The van der Waals surface area contributed by atoms with Crippen molar-refractivity contribution >= 4 is 33.1 Å². The molecule has 1 amide bonds. The first-order valence-electron chi connectivity index (χ1n) is 8.68. The maximum Gasteiger partial charge on any atom is 0.229 e. The van der Waals surface area contributed by atoms with Gasteiger partial charge < -0.3 is 5.32 Å². The summed E-state index contributed by atoms with van der Waals surface area (Å²) in [5, 5.41) is 2.69. The van der Waals surface area contributed by atoms with Crippen molar-refractivity contribution in [3.05, 3.63) is 59.2 Å².